The van der Waals surface area contributed by atoms with Gasteiger partial charge in [0.25, 0.3) is 0 Å². The number of para-hydroxylation sites is 1. The van der Waals surface area contributed by atoms with Crippen LogP contribution in [-0.4, -0.2) is 49.8 Å². The second-order valence-electron chi connectivity index (χ2n) is 9.42. The maximum absolute atomic E-state index is 12.7. The molecule has 0 saturated carbocycles. The lowest BCUT2D eigenvalue weighted by Gasteiger charge is -2.34. The monoisotopic (exact) mass is 514 g/mol. The predicted octanol–water partition coefficient (Wildman–Crippen LogP) is 4.69. The number of carbonyl (C=O) groups excluding carboxylic acids is 2. The van der Waals surface area contributed by atoms with Crippen molar-refractivity contribution in [2.24, 2.45) is 5.92 Å². The molecule has 0 bridgehead atoms. The molecule has 38 heavy (non-hydrogen) atoms. The van der Waals surface area contributed by atoms with Crippen LogP contribution >= 0.6 is 0 Å². The summed E-state index contributed by atoms with van der Waals surface area (Å²) in [4.78, 5) is 26.8. The van der Waals surface area contributed by atoms with E-state index in [1.165, 1.54) is 0 Å². The Labute approximate surface area is 223 Å². The van der Waals surface area contributed by atoms with Crippen LogP contribution in [-0.2, 0) is 20.7 Å². The van der Waals surface area contributed by atoms with E-state index >= 15 is 0 Å². The molecule has 0 aliphatic carbocycles. The summed E-state index contributed by atoms with van der Waals surface area (Å²) < 4.78 is 11.2. The molecule has 0 spiro atoms. The van der Waals surface area contributed by atoms with E-state index in [0.717, 1.165) is 28.8 Å². The van der Waals surface area contributed by atoms with Gasteiger partial charge in [-0.25, -0.2) is 0 Å². The van der Waals surface area contributed by atoms with Gasteiger partial charge < -0.3 is 24.8 Å². The Morgan fingerprint density at radius 1 is 1.03 bits per heavy atom. The first-order chi connectivity index (χ1) is 18.5. The quantitative estimate of drug-likeness (QED) is 0.212. The average molecular weight is 515 g/mol. The average Bonchev–Trinajstić information content (AvgIpc) is 3.13. The number of nitrogens with one attached hydrogen (secondary N) is 1. The molecule has 0 fully saturated rings. The van der Waals surface area contributed by atoms with Gasteiger partial charge >= 0.3 is 0 Å². The van der Waals surface area contributed by atoms with Crippen molar-refractivity contribution in [3.8, 4) is 11.5 Å². The number of hydrogen-bond acceptors (Lipinski definition) is 5. The lowest BCUT2D eigenvalue weighted by Crippen LogP contribution is -2.46. The highest BCUT2D eigenvalue weighted by molar-refractivity contribution is 5.89. The maximum Gasteiger partial charge on any atom is 0.223 e. The molecular formula is C31H34N2O5. The van der Waals surface area contributed by atoms with E-state index in [2.05, 4.69) is 5.32 Å². The van der Waals surface area contributed by atoms with Gasteiger partial charge in [-0.2, -0.15) is 0 Å². The molecule has 4 rings (SSSR count). The lowest BCUT2D eigenvalue weighted by atomic mass is 9.92. The molecule has 7 nitrogen and oxygen atoms in total. The van der Waals surface area contributed by atoms with Crippen LogP contribution in [0.5, 0.6) is 11.5 Å². The van der Waals surface area contributed by atoms with Crippen LogP contribution in [0.3, 0.4) is 0 Å². The fourth-order valence-corrected chi connectivity index (χ4v) is 4.68. The molecule has 3 atom stereocenters. The third-order valence-electron chi connectivity index (χ3n) is 6.74. The number of amides is 2. The number of carbonyl (C=O) groups is 2. The summed E-state index contributed by atoms with van der Waals surface area (Å²) in [6.07, 6.45) is 4.28. The number of rotatable bonds is 12. The SMILES string of the molecule is COCCNC(=O)[C@H](C)C[C@H](O)[C@H](Cc1ccccc1)N(C=O)c1cccc2c1C=Cc1ccccc1O2. The van der Waals surface area contributed by atoms with Gasteiger partial charge in [-0.3, -0.25) is 9.59 Å². The molecule has 2 amide bonds. The van der Waals surface area contributed by atoms with Gasteiger partial charge in [0, 0.05) is 30.7 Å². The third kappa shape index (κ3) is 6.49. The Hall–Kier alpha value is -3.94. The van der Waals surface area contributed by atoms with Gasteiger partial charge in [-0.05, 0) is 42.7 Å². The molecule has 198 valence electrons. The molecular weight excluding hydrogens is 480 g/mol. The Bertz CT molecular complexity index is 1260. The Kier molecular flexibility index (Phi) is 9.30. The highest BCUT2D eigenvalue weighted by Crippen LogP contribution is 2.39. The summed E-state index contributed by atoms with van der Waals surface area (Å²) in [5.74, 6) is 0.722. The van der Waals surface area contributed by atoms with Crippen LogP contribution in [0, 0.1) is 5.92 Å². The van der Waals surface area contributed by atoms with Crippen molar-refractivity contribution in [1.82, 2.24) is 5.32 Å². The number of hydrogen-bond donors (Lipinski definition) is 2. The van der Waals surface area contributed by atoms with E-state index in [-0.39, 0.29) is 12.3 Å². The first kappa shape index (κ1) is 27.1. The van der Waals surface area contributed by atoms with Crippen molar-refractivity contribution in [2.75, 3.05) is 25.2 Å². The number of nitrogens with zero attached hydrogens (tertiary/aromatic N) is 1. The zero-order valence-electron chi connectivity index (χ0n) is 21.7. The Balaban J connectivity index is 1.65. The predicted molar refractivity (Wildman–Crippen MR) is 149 cm³/mol. The summed E-state index contributed by atoms with van der Waals surface area (Å²) in [5, 5.41) is 14.3. The number of methoxy groups -OCH3 is 1. The van der Waals surface area contributed by atoms with Crippen LogP contribution in [0.4, 0.5) is 5.69 Å². The second kappa shape index (κ2) is 13.0. The molecule has 3 aromatic carbocycles. The van der Waals surface area contributed by atoms with Crippen LogP contribution in [0.2, 0.25) is 0 Å². The molecule has 7 heteroatoms. The van der Waals surface area contributed by atoms with E-state index in [1.807, 2.05) is 84.9 Å². The molecule has 0 unspecified atom stereocenters. The van der Waals surface area contributed by atoms with Crippen molar-refractivity contribution in [2.45, 2.75) is 31.9 Å². The normalized spacial score (nSPS) is 14.2. The van der Waals surface area contributed by atoms with E-state index in [9.17, 15) is 14.7 Å². The topological polar surface area (TPSA) is 88.1 Å². The molecule has 0 saturated heterocycles. The minimum absolute atomic E-state index is 0.167. The minimum atomic E-state index is -0.965. The van der Waals surface area contributed by atoms with Crippen molar-refractivity contribution < 1.29 is 24.2 Å². The summed E-state index contributed by atoms with van der Waals surface area (Å²) in [5.41, 5.74) is 3.27. The third-order valence-corrected chi connectivity index (χ3v) is 6.74. The van der Waals surface area contributed by atoms with Gasteiger partial charge in [0.15, 0.2) is 0 Å². The first-order valence-corrected chi connectivity index (χ1v) is 12.8. The van der Waals surface area contributed by atoms with E-state index in [4.69, 9.17) is 9.47 Å². The summed E-state index contributed by atoms with van der Waals surface area (Å²) in [6, 6.07) is 22.4. The van der Waals surface area contributed by atoms with E-state index in [1.54, 1.807) is 18.9 Å². The van der Waals surface area contributed by atoms with Crippen LogP contribution in [0.1, 0.15) is 30.0 Å². The zero-order valence-corrected chi connectivity index (χ0v) is 21.7. The summed E-state index contributed by atoms with van der Waals surface area (Å²) in [6.45, 7) is 2.59. The van der Waals surface area contributed by atoms with Crippen molar-refractivity contribution in [3.05, 3.63) is 89.5 Å². The van der Waals surface area contributed by atoms with Gasteiger partial charge in [0.1, 0.15) is 11.5 Å². The minimum Gasteiger partial charge on any atom is -0.456 e. The number of aliphatic hydroxyl groups excluding tert-OH is 1. The van der Waals surface area contributed by atoms with Gasteiger partial charge in [-0.15, -0.1) is 0 Å². The number of aliphatic hydroxyl groups is 1. The van der Waals surface area contributed by atoms with Crippen LogP contribution in [0.15, 0.2) is 72.8 Å². The fraction of sp³-hybridized carbons (Fsp3) is 0.290. The number of benzene rings is 3. The Morgan fingerprint density at radius 3 is 2.53 bits per heavy atom. The second-order valence-corrected chi connectivity index (χ2v) is 9.42. The molecule has 1 heterocycles. The first-order valence-electron chi connectivity index (χ1n) is 12.8. The van der Waals surface area contributed by atoms with Gasteiger partial charge in [0.05, 0.1) is 24.4 Å². The zero-order chi connectivity index (χ0) is 26.9. The number of anilines is 1. The standard InChI is InChI=1S/C31H34N2O5/c1-22(31(36)32-17-18-37-2)19-28(35)27(20-23-9-4-3-5-10-23)33(21-34)26-12-8-14-30-25(26)16-15-24-11-6-7-13-29(24)38-30/h3-16,21-22,27-28,35H,17-20H2,1-2H3,(H,32,36)/t22-,27+,28+/m1/s1. The van der Waals surface area contributed by atoms with Crippen molar-refractivity contribution >= 4 is 30.2 Å². The van der Waals surface area contributed by atoms with Gasteiger partial charge in [-0.1, -0.05) is 67.6 Å². The van der Waals surface area contributed by atoms with Crippen molar-refractivity contribution in [1.29, 1.82) is 0 Å². The van der Waals surface area contributed by atoms with Crippen molar-refractivity contribution in [3.63, 3.8) is 0 Å². The van der Waals surface area contributed by atoms with E-state index in [0.29, 0.717) is 31.0 Å². The number of ether oxygens (including phenoxy) is 2. The molecule has 0 aromatic heterocycles. The molecule has 1 aliphatic heterocycles. The van der Waals surface area contributed by atoms with E-state index < -0.39 is 18.1 Å². The summed E-state index contributed by atoms with van der Waals surface area (Å²) >= 11 is 0. The molecule has 2 N–H and O–H groups in total. The van der Waals surface area contributed by atoms with Crippen LogP contribution in [0.25, 0.3) is 12.2 Å². The molecule has 0 radical (unpaired) electrons. The Morgan fingerprint density at radius 2 is 1.76 bits per heavy atom. The van der Waals surface area contributed by atoms with Crippen LogP contribution < -0.4 is 15.0 Å². The molecule has 1 aliphatic rings. The summed E-state index contributed by atoms with van der Waals surface area (Å²) in [7, 11) is 1.57. The highest BCUT2D eigenvalue weighted by Gasteiger charge is 2.31. The lowest BCUT2D eigenvalue weighted by molar-refractivity contribution is -0.125. The smallest absolute Gasteiger partial charge is 0.223 e. The number of fused-ring (bicyclic) bond motifs is 2. The maximum atomic E-state index is 12.7. The molecule has 3 aromatic rings. The van der Waals surface area contributed by atoms with Gasteiger partial charge in [0.2, 0.25) is 12.3 Å². The fourth-order valence-electron chi connectivity index (χ4n) is 4.68. The largest absolute Gasteiger partial charge is 0.456 e. The highest BCUT2D eigenvalue weighted by atomic mass is 16.5.